The number of imidazole rings is 1. The van der Waals surface area contributed by atoms with Crippen molar-refractivity contribution in [1.29, 1.82) is 5.26 Å². The Morgan fingerprint density at radius 1 is 1.31 bits per heavy atom. The molecule has 1 N–H and O–H groups in total. The van der Waals surface area contributed by atoms with Crippen LogP contribution in [0, 0.1) is 11.3 Å². The summed E-state index contributed by atoms with van der Waals surface area (Å²) in [6.07, 6.45) is 3.70. The number of carbonyl (C=O) groups is 1. The van der Waals surface area contributed by atoms with Gasteiger partial charge in [-0.05, 0) is 12.1 Å². The molecule has 0 aromatic carbocycles. The van der Waals surface area contributed by atoms with E-state index in [-0.39, 0.29) is 6.03 Å². The van der Waals surface area contributed by atoms with E-state index in [0.29, 0.717) is 44.1 Å². The van der Waals surface area contributed by atoms with Crippen molar-refractivity contribution >= 4 is 23.6 Å². The molecular formula is C17H19N7OS. The number of hydrogen-bond acceptors (Lipinski definition) is 6. The summed E-state index contributed by atoms with van der Waals surface area (Å²) in [5.74, 6) is 1.77. The minimum Gasteiger partial charge on any atom is -0.352 e. The summed E-state index contributed by atoms with van der Waals surface area (Å²) >= 11 is 1.75. The second kappa shape index (κ2) is 7.25. The summed E-state index contributed by atoms with van der Waals surface area (Å²) in [7, 11) is 0. The Balaban J connectivity index is 1.30. The maximum atomic E-state index is 12.4. The molecule has 134 valence electrons. The number of pyridine rings is 1. The first-order chi connectivity index (χ1) is 12.7. The van der Waals surface area contributed by atoms with Gasteiger partial charge in [0.25, 0.3) is 0 Å². The lowest BCUT2D eigenvalue weighted by atomic mass is 10.2. The molecule has 26 heavy (non-hydrogen) atoms. The molecule has 2 amide bonds. The molecule has 2 aromatic rings. The predicted octanol–water partition coefficient (Wildman–Crippen LogP) is 1.29. The van der Waals surface area contributed by atoms with Crippen molar-refractivity contribution in [2.75, 3.05) is 36.8 Å². The lowest BCUT2D eigenvalue weighted by Gasteiger charge is -2.35. The van der Waals surface area contributed by atoms with Crippen molar-refractivity contribution in [2.45, 2.75) is 18.2 Å². The molecule has 2 aromatic heterocycles. The van der Waals surface area contributed by atoms with Crippen molar-refractivity contribution in [3.63, 3.8) is 0 Å². The van der Waals surface area contributed by atoms with Crippen LogP contribution in [0.1, 0.15) is 11.3 Å². The number of aryl methyl sites for hydroxylation is 1. The summed E-state index contributed by atoms with van der Waals surface area (Å²) in [6.45, 7) is 3.95. The van der Waals surface area contributed by atoms with E-state index in [1.807, 2.05) is 6.20 Å². The molecule has 0 aliphatic carbocycles. The van der Waals surface area contributed by atoms with Crippen molar-refractivity contribution in [3.8, 4) is 6.07 Å². The van der Waals surface area contributed by atoms with Crippen LogP contribution in [0.25, 0.3) is 0 Å². The Hall–Kier alpha value is -2.73. The first-order valence-electron chi connectivity index (χ1n) is 8.56. The van der Waals surface area contributed by atoms with Gasteiger partial charge in [-0.25, -0.2) is 14.8 Å². The molecule has 2 aliphatic rings. The van der Waals surface area contributed by atoms with E-state index in [2.05, 4.69) is 30.8 Å². The molecule has 0 spiro atoms. The zero-order valence-electron chi connectivity index (χ0n) is 14.3. The normalized spacial score (nSPS) is 16.3. The van der Waals surface area contributed by atoms with Gasteiger partial charge in [0.15, 0.2) is 5.16 Å². The number of carbonyl (C=O) groups excluding carboxylic acids is 1. The van der Waals surface area contributed by atoms with Crippen LogP contribution in [-0.2, 0) is 13.1 Å². The van der Waals surface area contributed by atoms with Crippen LogP contribution in [0.15, 0.2) is 29.7 Å². The number of aromatic nitrogens is 3. The van der Waals surface area contributed by atoms with E-state index in [0.717, 1.165) is 23.1 Å². The maximum absolute atomic E-state index is 12.4. The summed E-state index contributed by atoms with van der Waals surface area (Å²) < 4.78 is 2.13. The van der Waals surface area contributed by atoms with E-state index in [9.17, 15) is 10.1 Å². The van der Waals surface area contributed by atoms with E-state index in [1.165, 1.54) is 0 Å². The number of urea groups is 1. The van der Waals surface area contributed by atoms with Gasteiger partial charge in [0.1, 0.15) is 11.9 Å². The Labute approximate surface area is 155 Å². The Morgan fingerprint density at radius 2 is 2.15 bits per heavy atom. The van der Waals surface area contributed by atoms with Crippen LogP contribution in [0.5, 0.6) is 0 Å². The number of rotatable bonds is 3. The largest absolute Gasteiger partial charge is 0.352 e. The fraction of sp³-hybridized carbons (Fsp3) is 0.412. The number of thioether (sulfide) groups is 1. The van der Waals surface area contributed by atoms with Crippen LogP contribution >= 0.6 is 11.8 Å². The predicted molar refractivity (Wildman–Crippen MR) is 97.9 cm³/mol. The zero-order valence-corrected chi connectivity index (χ0v) is 15.1. The zero-order chi connectivity index (χ0) is 17.9. The first kappa shape index (κ1) is 16.7. The van der Waals surface area contributed by atoms with Gasteiger partial charge in [0.2, 0.25) is 0 Å². The maximum Gasteiger partial charge on any atom is 0.317 e. The average Bonchev–Trinajstić information content (AvgIpc) is 3.28. The molecule has 0 atom stereocenters. The molecule has 2 aliphatic heterocycles. The number of nitriles is 1. The monoisotopic (exact) mass is 369 g/mol. The molecule has 4 heterocycles. The van der Waals surface area contributed by atoms with Crippen molar-refractivity contribution in [2.24, 2.45) is 0 Å². The smallest absolute Gasteiger partial charge is 0.317 e. The van der Waals surface area contributed by atoms with Gasteiger partial charge in [-0.15, -0.1) is 0 Å². The molecule has 0 unspecified atom stereocenters. The lowest BCUT2D eigenvalue weighted by molar-refractivity contribution is 0.193. The van der Waals surface area contributed by atoms with Gasteiger partial charge in [0.05, 0.1) is 17.8 Å². The number of hydrogen-bond donors (Lipinski definition) is 1. The quantitative estimate of drug-likeness (QED) is 0.877. The number of fused-ring (bicyclic) bond motifs is 1. The molecule has 0 radical (unpaired) electrons. The molecular weight excluding hydrogens is 350 g/mol. The topological polar surface area (TPSA) is 90.1 Å². The van der Waals surface area contributed by atoms with Crippen molar-refractivity contribution in [1.82, 2.24) is 24.8 Å². The van der Waals surface area contributed by atoms with E-state index in [1.54, 1.807) is 35.0 Å². The third-order valence-electron chi connectivity index (χ3n) is 4.55. The van der Waals surface area contributed by atoms with Crippen molar-refractivity contribution in [3.05, 3.63) is 35.8 Å². The third-order valence-corrected chi connectivity index (χ3v) is 5.52. The standard InChI is InChI=1S/C17H19N7OS/c18-10-13-2-1-3-19-15(13)22-4-6-23(7-5-22)16(25)20-11-14-12-24-8-9-26-17(24)21-14/h1-3,12H,4-9,11H2,(H,20,25). The van der Waals surface area contributed by atoms with E-state index >= 15 is 0 Å². The number of amides is 2. The van der Waals surface area contributed by atoms with Crippen LogP contribution in [0.4, 0.5) is 10.6 Å². The highest BCUT2D eigenvalue weighted by Crippen LogP contribution is 2.24. The van der Waals surface area contributed by atoms with Crippen LogP contribution in [0.2, 0.25) is 0 Å². The molecule has 1 fully saturated rings. The average molecular weight is 369 g/mol. The minimum absolute atomic E-state index is 0.0769. The Morgan fingerprint density at radius 3 is 2.92 bits per heavy atom. The summed E-state index contributed by atoms with van der Waals surface area (Å²) in [5, 5.41) is 13.2. The Kier molecular flexibility index (Phi) is 4.67. The summed E-state index contributed by atoms with van der Waals surface area (Å²) in [4.78, 5) is 25.1. The molecule has 4 rings (SSSR count). The van der Waals surface area contributed by atoms with Gasteiger partial charge in [0, 0.05) is 50.9 Å². The fourth-order valence-corrected chi connectivity index (χ4v) is 4.14. The molecule has 1 saturated heterocycles. The van der Waals surface area contributed by atoms with E-state index in [4.69, 9.17) is 0 Å². The highest BCUT2D eigenvalue weighted by atomic mass is 32.2. The highest BCUT2D eigenvalue weighted by Gasteiger charge is 2.23. The number of piperazine rings is 1. The van der Waals surface area contributed by atoms with Gasteiger partial charge in [-0.3, -0.25) is 0 Å². The molecule has 0 saturated carbocycles. The first-order valence-corrected chi connectivity index (χ1v) is 9.55. The second-order valence-electron chi connectivity index (χ2n) is 6.18. The van der Waals surface area contributed by atoms with E-state index < -0.39 is 0 Å². The van der Waals surface area contributed by atoms with Crippen LogP contribution < -0.4 is 10.2 Å². The van der Waals surface area contributed by atoms with Gasteiger partial charge in [-0.1, -0.05) is 11.8 Å². The van der Waals surface area contributed by atoms with Crippen LogP contribution in [0.3, 0.4) is 0 Å². The number of nitrogens with zero attached hydrogens (tertiary/aromatic N) is 6. The van der Waals surface area contributed by atoms with Gasteiger partial charge >= 0.3 is 6.03 Å². The van der Waals surface area contributed by atoms with Crippen molar-refractivity contribution < 1.29 is 4.79 Å². The SMILES string of the molecule is N#Cc1cccnc1N1CCN(C(=O)NCc2cn3c(n2)SCC3)CC1. The lowest BCUT2D eigenvalue weighted by Crippen LogP contribution is -2.52. The third kappa shape index (κ3) is 3.32. The number of anilines is 1. The Bertz CT molecular complexity index is 830. The molecule has 8 nitrogen and oxygen atoms in total. The second-order valence-corrected chi connectivity index (χ2v) is 7.24. The summed E-state index contributed by atoms with van der Waals surface area (Å²) in [5.41, 5.74) is 1.46. The number of nitrogens with one attached hydrogen (secondary N) is 1. The minimum atomic E-state index is -0.0769. The van der Waals surface area contributed by atoms with Gasteiger partial charge in [-0.2, -0.15) is 5.26 Å². The fourth-order valence-electron chi connectivity index (χ4n) is 3.18. The molecule has 0 bridgehead atoms. The van der Waals surface area contributed by atoms with Gasteiger partial charge < -0.3 is 19.7 Å². The molecule has 9 heteroatoms. The summed E-state index contributed by atoms with van der Waals surface area (Å²) in [6, 6.07) is 5.62. The van der Waals surface area contributed by atoms with Crippen LogP contribution in [-0.4, -0.2) is 57.4 Å². The highest BCUT2D eigenvalue weighted by molar-refractivity contribution is 7.99.